The predicted octanol–water partition coefficient (Wildman–Crippen LogP) is 6.08. The van der Waals surface area contributed by atoms with Crippen LogP contribution in [0.25, 0.3) is 0 Å². The first-order valence-corrected chi connectivity index (χ1v) is 9.04. The Labute approximate surface area is 139 Å². The number of esters is 1. The van der Waals surface area contributed by atoms with Crippen molar-refractivity contribution in [3.05, 3.63) is 34.9 Å². The van der Waals surface area contributed by atoms with Crippen LogP contribution in [0.5, 0.6) is 0 Å². The van der Waals surface area contributed by atoms with E-state index in [1.807, 2.05) is 24.3 Å². The highest BCUT2D eigenvalue weighted by Gasteiger charge is 2.30. The molecule has 1 fully saturated rings. The van der Waals surface area contributed by atoms with Crippen LogP contribution in [0.3, 0.4) is 0 Å². The standard InChI is InChI=1S/C19H27ClO2/c1-2-3-4-5-6-7-8-16-11-14-18(22-19(16)21)15-9-12-17(20)13-10-15/h9-10,12-13,16,18H,2-8,11,14H2,1H3. The zero-order chi connectivity index (χ0) is 15.8. The molecule has 2 nitrogen and oxygen atoms in total. The molecule has 1 aromatic rings. The maximum absolute atomic E-state index is 12.2. The number of ether oxygens (including phenoxy) is 1. The Hall–Kier alpha value is -1.02. The lowest BCUT2D eigenvalue weighted by atomic mass is 9.90. The van der Waals surface area contributed by atoms with Gasteiger partial charge in [0, 0.05) is 5.02 Å². The van der Waals surface area contributed by atoms with Crippen LogP contribution in [0.2, 0.25) is 5.02 Å². The number of carbonyl (C=O) groups excluding carboxylic acids is 1. The van der Waals surface area contributed by atoms with Crippen molar-refractivity contribution in [3.8, 4) is 0 Å². The van der Waals surface area contributed by atoms with E-state index in [2.05, 4.69) is 6.92 Å². The molecule has 1 saturated heterocycles. The molecule has 1 heterocycles. The van der Waals surface area contributed by atoms with Crippen LogP contribution in [0.4, 0.5) is 0 Å². The van der Waals surface area contributed by atoms with Crippen molar-refractivity contribution >= 4 is 17.6 Å². The second kappa shape index (κ2) is 9.19. The molecule has 2 rings (SSSR count). The molecule has 0 saturated carbocycles. The second-order valence-corrected chi connectivity index (χ2v) is 6.74. The molecule has 2 unspecified atom stereocenters. The summed E-state index contributed by atoms with van der Waals surface area (Å²) in [6.45, 7) is 2.23. The fourth-order valence-corrected chi connectivity index (χ4v) is 3.24. The van der Waals surface area contributed by atoms with Gasteiger partial charge in [0.25, 0.3) is 0 Å². The Kier molecular flexibility index (Phi) is 7.24. The topological polar surface area (TPSA) is 26.3 Å². The number of carbonyl (C=O) groups is 1. The average molecular weight is 323 g/mol. The van der Waals surface area contributed by atoms with E-state index in [-0.39, 0.29) is 18.0 Å². The predicted molar refractivity (Wildman–Crippen MR) is 91.0 cm³/mol. The first-order chi connectivity index (χ1) is 10.7. The molecule has 0 bridgehead atoms. The van der Waals surface area contributed by atoms with Gasteiger partial charge < -0.3 is 4.74 Å². The van der Waals surface area contributed by atoms with Gasteiger partial charge in [-0.05, 0) is 37.0 Å². The third kappa shape index (κ3) is 5.31. The van der Waals surface area contributed by atoms with Gasteiger partial charge in [0.1, 0.15) is 6.10 Å². The molecule has 0 aliphatic carbocycles. The zero-order valence-electron chi connectivity index (χ0n) is 13.5. The normalized spacial score (nSPS) is 21.6. The van der Waals surface area contributed by atoms with Gasteiger partial charge in [0.2, 0.25) is 0 Å². The lowest BCUT2D eigenvalue weighted by Gasteiger charge is -2.28. The van der Waals surface area contributed by atoms with E-state index < -0.39 is 0 Å². The SMILES string of the molecule is CCCCCCCCC1CCC(c2ccc(Cl)cc2)OC1=O. The molecular formula is C19H27ClO2. The van der Waals surface area contributed by atoms with E-state index in [1.165, 1.54) is 32.1 Å². The Morgan fingerprint density at radius 3 is 2.41 bits per heavy atom. The fourth-order valence-electron chi connectivity index (χ4n) is 3.11. The highest BCUT2D eigenvalue weighted by Crippen LogP contribution is 2.34. The van der Waals surface area contributed by atoms with Crippen LogP contribution < -0.4 is 0 Å². The number of hydrogen-bond donors (Lipinski definition) is 0. The van der Waals surface area contributed by atoms with Gasteiger partial charge in [-0.1, -0.05) is 69.2 Å². The van der Waals surface area contributed by atoms with Crippen LogP contribution >= 0.6 is 11.6 Å². The molecule has 0 spiro atoms. The van der Waals surface area contributed by atoms with E-state index in [9.17, 15) is 4.79 Å². The summed E-state index contributed by atoms with van der Waals surface area (Å²) in [6, 6.07) is 7.61. The maximum Gasteiger partial charge on any atom is 0.309 e. The summed E-state index contributed by atoms with van der Waals surface area (Å²) >= 11 is 5.90. The van der Waals surface area contributed by atoms with Crippen LogP contribution in [0, 0.1) is 5.92 Å². The minimum atomic E-state index is -0.0921. The summed E-state index contributed by atoms with van der Waals surface area (Å²) in [4.78, 5) is 12.2. The lowest BCUT2D eigenvalue weighted by molar-refractivity contribution is -0.161. The smallest absolute Gasteiger partial charge is 0.309 e. The first kappa shape index (κ1) is 17.3. The third-order valence-electron chi connectivity index (χ3n) is 4.52. The highest BCUT2D eigenvalue weighted by molar-refractivity contribution is 6.30. The van der Waals surface area contributed by atoms with Crippen molar-refractivity contribution < 1.29 is 9.53 Å². The van der Waals surface area contributed by atoms with Crippen LogP contribution in [0.15, 0.2) is 24.3 Å². The molecule has 1 aliphatic rings. The number of unbranched alkanes of at least 4 members (excludes halogenated alkanes) is 5. The van der Waals surface area contributed by atoms with Gasteiger partial charge in [-0.25, -0.2) is 0 Å². The van der Waals surface area contributed by atoms with Gasteiger partial charge in [-0.3, -0.25) is 4.79 Å². The first-order valence-electron chi connectivity index (χ1n) is 8.66. The van der Waals surface area contributed by atoms with Crippen molar-refractivity contribution in [2.24, 2.45) is 5.92 Å². The molecular weight excluding hydrogens is 296 g/mol. The van der Waals surface area contributed by atoms with E-state index in [1.54, 1.807) is 0 Å². The lowest BCUT2D eigenvalue weighted by Crippen LogP contribution is -2.26. The van der Waals surface area contributed by atoms with Crippen LogP contribution in [-0.4, -0.2) is 5.97 Å². The number of hydrogen-bond acceptors (Lipinski definition) is 2. The van der Waals surface area contributed by atoms with Gasteiger partial charge in [-0.15, -0.1) is 0 Å². The molecule has 1 aromatic carbocycles. The van der Waals surface area contributed by atoms with Gasteiger partial charge in [0.05, 0.1) is 5.92 Å². The molecule has 0 amide bonds. The van der Waals surface area contributed by atoms with E-state index in [0.29, 0.717) is 5.02 Å². The Morgan fingerprint density at radius 2 is 1.73 bits per heavy atom. The summed E-state index contributed by atoms with van der Waals surface area (Å²) in [5.74, 6) is 0.0921. The van der Waals surface area contributed by atoms with Gasteiger partial charge in [-0.2, -0.15) is 0 Å². The fraction of sp³-hybridized carbons (Fsp3) is 0.632. The summed E-state index contributed by atoms with van der Waals surface area (Å²) in [7, 11) is 0. The van der Waals surface area contributed by atoms with E-state index >= 15 is 0 Å². The van der Waals surface area contributed by atoms with E-state index in [0.717, 1.165) is 31.2 Å². The minimum absolute atomic E-state index is 0.0141. The van der Waals surface area contributed by atoms with E-state index in [4.69, 9.17) is 16.3 Å². The Balaban J connectivity index is 1.71. The monoisotopic (exact) mass is 322 g/mol. The quantitative estimate of drug-likeness (QED) is 0.428. The maximum atomic E-state index is 12.2. The van der Waals surface area contributed by atoms with Crippen molar-refractivity contribution in [2.45, 2.75) is 70.8 Å². The molecule has 1 aliphatic heterocycles. The Bertz CT molecular complexity index is 455. The van der Waals surface area contributed by atoms with Crippen LogP contribution in [-0.2, 0) is 9.53 Å². The molecule has 2 atom stereocenters. The van der Waals surface area contributed by atoms with Crippen molar-refractivity contribution in [1.29, 1.82) is 0 Å². The van der Waals surface area contributed by atoms with Crippen molar-refractivity contribution in [1.82, 2.24) is 0 Å². The molecule has 0 radical (unpaired) electrons. The summed E-state index contributed by atoms with van der Waals surface area (Å²) in [5, 5.41) is 0.715. The highest BCUT2D eigenvalue weighted by atomic mass is 35.5. The van der Waals surface area contributed by atoms with Gasteiger partial charge >= 0.3 is 5.97 Å². The van der Waals surface area contributed by atoms with Crippen molar-refractivity contribution in [2.75, 3.05) is 0 Å². The summed E-state index contributed by atoms with van der Waals surface area (Å²) in [6.07, 6.45) is 10.4. The summed E-state index contributed by atoms with van der Waals surface area (Å²) in [5.41, 5.74) is 1.05. The Morgan fingerprint density at radius 1 is 1.05 bits per heavy atom. The molecule has 22 heavy (non-hydrogen) atoms. The van der Waals surface area contributed by atoms with Crippen molar-refractivity contribution in [3.63, 3.8) is 0 Å². The number of halogens is 1. The summed E-state index contributed by atoms with van der Waals surface area (Å²) < 4.78 is 5.64. The van der Waals surface area contributed by atoms with Gasteiger partial charge in [0.15, 0.2) is 0 Å². The zero-order valence-corrected chi connectivity index (χ0v) is 14.3. The molecule has 122 valence electrons. The number of rotatable bonds is 8. The average Bonchev–Trinajstić information content (AvgIpc) is 2.53. The number of benzene rings is 1. The molecule has 0 aromatic heterocycles. The second-order valence-electron chi connectivity index (χ2n) is 6.31. The molecule has 0 N–H and O–H groups in total. The largest absolute Gasteiger partial charge is 0.457 e. The van der Waals surface area contributed by atoms with Crippen LogP contribution in [0.1, 0.15) is 76.4 Å². The number of cyclic esters (lactones) is 1. The minimum Gasteiger partial charge on any atom is -0.457 e. The molecule has 3 heteroatoms. The third-order valence-corrected chi connectivity index (χ3v) is 4.77.